The summed E-state index contributed by atoms with van der Waals surface area (Å²) in [6, 6.07) is 3.47. The average Bonchev–Trinajstić information content (AvgIpc) is 2.65. The number of carbonyl (C=O) groups excluding carboxylic acids is 1. The van der Waals surface area contributed by atoms with Gasteiger partial charge in [0.2, 0.25) is 0 Å². The molecule has 0 bridgehead atoms. The van der Waals surface area contributed by atoms with Crippen LogP contribution in [0.2, 0.25) is 0 Å². The van der Waals surface area contributed by atoms with Crippen LogP contribution in [0, 0.1) is 5.92 Å². The lowest BCUT2D eigenvalue weighted by molar-refractivity contribution is 0.0789. The summed E-state index contributed by atoms with van der Waals surface area (Å²) in [7, 11) is 0. The lowest BCUT2D eigenvalue weighted by atomic mass is 10.2. The Morgan fingerprint density at radius 2 is 2.47 bits per heavy atom. The predicted molar refractivity (Wildman–Crippen MR) is 58.3 cm³/mol. The maximum absolute atomic E-state index is 12.0. The van der Waals surface area contributed by atoms with Gasteiger partial charge < -0.3 is 10.6 Å². The van der Waals surface area contributed by atoms with Crippen molar-refractivity contribution in [1.82, 2.24) is 9.88 Å². The second kappa shape index (κ2) is 3.88. The van der Waals surface area contributed by atoms with Gasteiger partial charge in [-0.05, 0) is 24.5 Å². The van der Waals surface area contributed by atoms with Gasteiger partial charge in [-0.2, -0.15) is 0 Å². The van der Waals surface area contributed by atoms with Crippen LogP contribution in [0.25, 0.3) is 0 Å². The van der Waals surface area contributed by atoms with Crippen LogP contribution in [0.4, 0.5) is 5.82 Å². The second-order valence-corrected chi connectivity index (χ2v) is 4.08. The van der Waals surface area contributed by atoms with Crippen molar-refractivity contribution in [3.05, 3.63) is 23.9 Å². The van der Waals surface area contributed by atoms with E-state index in [1.165, 1.54) is 0 Å². The maximum Gasteiger partial charge on any atom is 0.257 e. The summed E-state index contributed by atoms with van der Waals surface area (Å²) in [5.74, 6) is 0.916. The van der Waals surface area contributed by atoms with Gasteiger partial charge in [0.15, 0.2) is 0 Å². The highest BCUT2D eigenvalue weighted by atomic mass is 16.2. The summed E-state index contributed by atoms with van der Waals surface area (Å²) >= 11 is 0. The standard InChI is InChI=1S/C11H15N3O/c1-8-4-6-14(7-8)11(15)9-3-2-5-13-10(9)12/h2-3,5,8H,4,6-7H2,1H3,(H2,12,13). The molecule has 0 aliphatic carbocycles. The molecule has 15 heavy (non-hydrogen) atoms. The Morgan fingerprint density at radius 1 is 1.67 bits per heavy atom. The molecule has 1 saturated heterocycles. The first kappa shape index (κ1) is 9.96. The Labute approximate surface area is 89.1 Å². The van der Waals surface area contributed by atoms with E-state index in [2.05, 4.69) is 11.9 Å². The van der Waals surface area contributed by atoms with Crippen molar-refractivity contribution >= 4 is 11.7 Å². The van der Waals surface area contributed by atoms with Gasteiger partial charge in [0.1, 0.15) is 5.82 Å². The Morgan fingerprint density at radius 3 is 3.07 bits per heavy atom. The van der Waals surface area contributed by atoms with E-state index in [-0.39, 0.29) is 5.91 Å². The van der Waals surface area contributed by atoms with E-state index in [1.807, 2.05) is 4.90 Å². The van der Waals surface area contributed by atoms with E-state index in [4.69, 9.17) is 5.73 Å². The molecule has 2 heterocycles. The third kappa shape index (κ3) is 1.93. The number of rotatable bonds is 1. The number of nitrogens with zero attached hydrogens (tertiary/aromatic N) is 2. The van der Waals surface area contributed by atoms with Crippen LogP contribution in [0.3, 0.4) is 0 Å². The zero-order valence-corrected chi connectivity index (χ0v) is 8.81. The minimum atomic E-state index is 0.00458. The SMILES string of the molecule is CC1CCN(C(=O)c2cccnc2N)C1. The molecule has 80 valence electrons. The normalized spacial score (nSPS) is 20.6. The lowest BCUT2D eigenvalue weighted by Gasteiger charge is -2.16. The number of nitrogens with two attached hydrogens (primary N) is 1. The van der Waals surface area contributed by atoms with Crippen molar-refractivity contribution in [1.29, 1.82) is 0 Å². The van der Waals surface area contributed by atoms with E-state index in [0.29, 0.717) is 17.3 Å². The number of hydrogen-bond donors (Lipinski definition) is 1. The number of hydrogen-bond acceptors (Lipinski definition) is 3. The first-order valence-electron chi connectivity index (χ1n) is 5.18. The quantitative estimate of drug-likeness (QED) is 0.748. The molecule has 2 rings (SSSR count). The van der Waals surface area contributed by atoms with Gasteiger partial charge in [-0.15, -0.1) is 0 Å². The fraction of sp³-hybridized carbons (Fsp3) is 0.455. The molecule has 1 atom stereocenters. The van der Waals surface area contributed by atoms with Crippen LogP contribution >= 0.6 is 0 Å². The molecular weight excluding hydrogens is 190 g/mol. The molecule has 0 radical (unpaired) electrons. The van der Waals surface area contributed by atoms with Crippen LogP contribution in [0.1, 0.15) is 23.7 Å². The lowest BCUT2D eigenvalue weighted by Crippen LogP contribution is -2.29. The molecule has 1 amide bonds. The summed E-state index contributed by atoms with van der Waals surface area (Å²) in [4.78, 5) is 17.8. The fourth-order valence-corrected chi connectivity index (χ4v) is 1.89. The number of pyridine rings is 1. The van der Waals surface area contributed by atoms with Crippen molar-refractivity contribution in [2.24, 2.45) is 5.92 Å². The minimum absolute atomic E-state index is 0.00458. The molecule has 1 aromatic heterocycles. The Hall–Kier alpha value is -1.58. The zero-order chi connectivity index (χ0) is 10.8. The van der Waals surface area contributed by atoms with Gasteiger partial charge in [0.25, 0.3) is 5.91 Å². The van der Waals surface area contributed by atoms with Crippen LogP contribution < -0.4 is 5.73 Å². The van der Waals surface area contributed by atoms with Gasteiger partial charge in [0.05, 0.1) is 5.56 Å². The van der Waals surface area contributed by atoms with Gasteiger partial charge >= 0.3 is 0 Å². The fourth-order valence-electron chi connectivity index (χ4n) is 1.89. The first-order chi connectivity index (χ1) is 7.18. The molecule has 1 aromatic rings. The first-order valence-corrected chi connectivity index (χ1v) is 5.18. The molecule has 4 nitrogen and oxygen atoms in total. The van der Waals surface area contributed by atoms with Gasteiger partial charge in [0, 0.05) is 19.3 Å². The van der Waals surface area contributed by atoms with Gasteiger partial charge in [-0.3, -0.25) is 4.79 Å². The highest BCUT2D eigenvalue weighted by Crippen LogP contribution is 2.19. The van der Waals surface area contributed by atoms with E-state index < -0.39 is 0 Å². The van der Waals surface area contributed by atoms with Gasteiger partial charge in [-0.1, -0.05) is 6.92 Å². The van der Waals surface area contributed by atoms with E-state index >= 15 is 0 Å². The number of likely N-dealkylation sites (tertiary alicyclic amines) is 1. The third-order valence-electron chi connectivity index (χ3n) is 2.78. The van der Waals surface area contributed by atoms with Crippen LogP contribution in [0.5, 0.6) is 0 Å². The third-order valence-corrected chi connectivity index (χ3v) is 2.78. The number of anilines is 1. The molecule has 1 fully saturated rings. The van der Waals surface area contributed by atoms with Crippen LogP contribution in [-0.2, 0) is 0 Å². The smallest absolute Gasteiger partial charge is 0.257 e. The molecule has 4 heteroatoms. The van der Waals surface area contributed by atoms with E-state index in [9.17, 15) is 4.79 Å². The van der Waals surface area contributed by atoms with Crippen LogP contribution in [0.15, 0.2) is 18.3 Å². The maximum atomic E-state index is 12.0. The molecule has 1 unspecified atom stereocenters. The Bertz CT molecular complexity index is 378. The molecule has 1 aliphatic rings. The Kier molecular flexibility index (Phi) is 2.58. The number of carbonyl (C=O) groups is 1. The topological polar surface area (TPSA) is 59.2 Å². The van der Waals surface area contributed by atoms with Gasteiger partial charge in [-0.25, -0.2) is 4.98 Å². The highest BCUT2D eigenvalue weighted by molar-refractivity contribution is 5.98. The predicted octanol–water partition coefficient (Wildman–Crippen LogP) is 1.15. The van der Waals surface area contributed by atoms with Crippen molar-refractivity contribution in [3.8, 4) is 0 Å². The molecule has 0 aromatic carbocycles. The van der Waals surface area contributed by atoms with Crippen molar-refractivity contribution in [3.63, 3.8) is 0 Å². The van der Waals surface area contributed by atoms with Crippen molar-refractivity contribution < 1.29 is 4.79 Å². The summed E-state index contributed by atoms with van der Waals surface area (Å²) in [6.45, 7) is 3.81. The highest BCUT2D eigenvalue weighted by Gasteiger charge is 2.25. The second-order valence-electron chi connectivity index (χ2n) is 4.08. The molecule has 0 spiro atoms. The largest absolute Gasteiger partial charge is 0.383 e. The molecule has 0 saturated carbocycles. The number of aromatic nitrogens is 1. The summed E-state index contributed by atoms with van der Waals surface area (Å²) < 4.78 is 0. The zero-order valence-electron chi connectivity index (χ0n) is 8.81. The molecule has 1 aliphatic heterocycles. The number of amides is 1. The monoisotopic (exact) mass is 205 g/mol. The van der Waals surface area contributed by atoms with Crippen molar-refractivity contribution in [2.75, 3.05) is 18.8 Å². The summed E-state index contributed by atoms with van der Waals surface area (Å²) in [6.07, 6.45) is 2.67. The molecular formula is C11H15N3O. The summed E-state index contributed by atoms with van der Waals surface area (Å²) in [5, 5.41) is 0. The van der Waals surface area contributed by atoms with E-state index in [1.54, 1.807) is 18.3 Å². The minimum Gasteiger partial charge on any atom is -0.383 e. The number of nitrogen functional groups attached to an aromatic ring is 1. The van der Waals surface area contributed by atoms with Crippen molar-refractivity contribution in [2.45, 2.75) is 13.3 Å². The van der Waals surface area contributed by atoms with Crippen LogP contribution in [-0.4, -0.2) is 28.9 Å². The Balaban J connectivity index is 2.18. The van der Waals surface area contributed by atoms with E-state index in [0.717, 1.165) is 19.5 Å². The summed E-state index contributed by atoms with van der Waals surface area (Å²) in [5.41, 5.74) is 6.19. The molecule has 2 N–H and O–H groups in total. The average molecular weight is 205 g/mol.